The molecule has 1 aromatic rings. The van der Waals surface area contributed by atoms with Crippen molar-refractivity contribution < 1.29 is 14.3 Å². The number of carbonyl (C=O) groups is 1. The molecule has 2 saturated heterocycles. The SMILES string of the molecule is COC1COCCC1C[C@@H]1C[C@H]2CN(C(C)C)C[C@@]2(C(=O)N2CCc3ncc(C)cc3C2)C1. The summed E-state index contributed by atoms with van der Waals surface area (Å²) in [6.07, 6.45) is 7.48. The number of fused-ring (bicyclic) bond motifs is 2. The third-order valence-corrected chi connectivity index (χ3v) is 8.99. The number of nitrogens with zero attached hydrogens (tertiary/aromatic N) is 3. The molecule has 0 radical (unpaired) electrons. The van der Waals surface area contributed by atoms with Crippen molar-refractivity contribution in [3.8, 4) is 0 Å². The van der Waals surface area contributed by atoms with E-state index in [0.717, 1.165) is 52.0 Å². The molecule has 1 aliphatic carbocycles. The largest absolute Gasteiger partial charge is 0.379 e. The maximum atomic E-state index is 14.3. The van der Waals surface area contributed by atoms with Crippen molar-refractivity contribution in [1.82, 2.24) is 14.8 Å². The van der Waals surface area contributed by atoms with Crippen molar-refractivity contribution in [2.75, 3.05) is 40.0 Å². The van der Waals surface area contributed by atoms with Crippen LogP contribution in [0.5, 0.6) is 0 Å². The van der Waals surface area contributed by atoms with Crippen LogP contribution in [0, 0.1) is 30.1 Å². The number of amides is 1. The summed E-state index contributed by atoms with van der Waals surface area (Å²) in [6, 6.07) is 2.71. The van der Waals surface area contributed by atoms with Crippen molar-refractivity contribution in [3.05, 3.63) is 29.1 Å². The summed E-state index contributed by atoms with van der Waals surface area (Å²) in [7, 11) is 1.81. The van der Waals surface area contributed by atoms with E-state index in [1.807, 2.05) is 13.3 Å². The number of aryl methyl sites for hydroxylation is 1. The minimum Gasteiger partial charge on any atom is -0.379 e. The summed E-state index contributed by atoms with van der Waals surface area (Å²) >= 11 is 0. The molecule has 3 fully saturated rings. The lowest BCUT2D eigenvalue weighted by atomic mass is 9.78. The van der Waals surface area contributed by atoms with Crippen molar-refractivity contribution in [3.63, 3.8) is 0 Å². The molecule has 4 heterocycles. The highest BCUT2D eigenvalue weighted by atomic mass is 16.5. The van der Waals surface area contributed by atoms with Gasteiger partial charge in [-0.2, -0.15) is 0 Å². The molecule has 0 bridgehead atoms. The molecule has 1 aromatic heterocycles. The molecule has 3 aliphatic heterocycles. The molecule has 6 heteroatoms. The normalized spacial score (nSPS) is 34.5. The summed E-state index contributed by atoms with van der Waals surface area (Å²) < 4.78 is 11.4. The van der Waals surface area contributed by atoms with Gasteiger partial charge in [0.1, 0.15) is 0 Å². The lowest BCUT2D eigenvalue weighted by Gasteiger charge is -2.38. The number of carbonyl (C=O) groups excluding carboxylic acids is 1. The molecular weight excluding hydrogens is 414 g/mol. The Morgan fingerprint density at radius 1 is 1.39 bits per heavy atom. The second-order valence-corrected chi connectivity index (χ2v) is 11.4. The monoisotopic (exact) mass is 455 g/mol. The second-order valence-electron chi connectivity index (χ2n) is 11.4. The quantitative estimate of drug-likeness (QED) is 0.681. The number of ether oxygens (including phenoxy) is 2. The Morgan fingerprint density at radius 3 is 3.03 bits per heavy atom. The molecule has 5 rings (SSSR count). The number of aromatic nitrogens is 1. The maximum Gasteiger partial charge on any atom is 0.230 e. The highest BCUT2D eigenvalue weighted by Crippen LogP contribution is 2.55. The lowest BCUT2D eigenvalue weighted by Crippen LogP contribution is -2.49. The van der Waals surface area contributed by atoms with Gasteiger partial charge in [-0.25, -0.2) is 0 Å². The zero-order chi connectivity index (χ0) is 23.2. The fourth-order valence-electron chi connectivity index (χ4n) is 7.20. The van der Waals surface area contributed by atoms with Crippen molar-refractivity contribution in [1.29, 1.82) is 0 Å². The third kappa shape index (κ3) is 4.35. The van der Waals surface area contributed by atoms with Crippen molar-refractivity contribution >= 4 is 5.91 Å². The van der Waals surface area contributed by atoms with Gasteiger partial charge in [-0.1, -0.05) is 6.07 Å². The predicted octanol–water partition coefficient (Wildman–Crippen LogP) is 3.45. The van der Waals surface area contributed by atoms with Gasteiger partial charge in [-0.3, -0.25) is 14.7 Å². The van der Waals surface area contributed by atoms with E-state index < -0.39 is 0 Å². The molecule has 0 spiro atoms. The average molecular weight is 456 g/mol. The smallest absolute Gasteiger partial charge is 0.230 e. The Kier molecular flexibility index (Phi) is 6.53. The van der Waals surface area contributed by atoms with Crippen LogP contribution in [0.1, 0.15) is 56.4 Å². The molecule has 182 valence electrons. The van der Waals surface area contributed by atoms with E-state index in [1.54, 1.807) is 0 Å². The minimum atomic E-state index is -0.225. The minimum absolute atomic E-state index is 0.201. The summed E-state index contributed by atoms with van der Waals surface area (Å²) in [5, 5.41) is 0. The number of rotatable bonds is 5. The highest BCUT2D eigenvalue weighted by molar-refractivity contribution is 5.84. The van der Waals surface area contributed by atoms with E-state index in [2.05, 4.69) is 41.6 Å². The third-order valence-electron chi connectivity index (χ3n) is 8.99. The molecular formula is C27H41N3O3. The number of likely N-dealkylation sites (tertiary alicyclic amines) is 1. The standard InChI is InChI=1S/C27H41N3O3/c1-18(2)30-15-23-11-20(10-21-6-8-33-16-25(21)32-4)12-27(23,17-30)26(31)29-7-5-24-22(14-29)9-19(3)13-28-24/h9,13,18,20-21,23,25H,5-8,10-12,14-17H2,1-4H3/t20-,21?,23+,25?,27+/m1/s1. The number of pyridine rings is 1. The van der Waals surface area contributed by atoms with E-state index in [4.69, 9.17) is 9.47 Å². The molecule has 1 saturated carbocycles. The van der Waals surface area contributed by atoms with Gasteiger partial charge in [0.15, 0.2) is 0 Å². The first kappa shape index (κ1) is 23.3. The fourth-order valence-corrected chi connectivity index (χ4v) is 7.20. The summed E-state index contributed by atoms with van der Waals surface area (Å²) in [6.45, 7) is 11.7. The lowest BCUT2D eigenvalue weighted by molar-refractivity contribution is -0.144. The predicted molar refractivity (Wildman–Crippen MR) is 128 cm³/mol. The number of methoxy groups -OCH3 is 1. The van der Waals surface area contributed by atoms with Gasteiger partial charge in [0.05, 0.1) is 18.1 Å². The Morgan fingerprint density at radius 2 is 2.24 bits per heavy atom. The molecule has 6 nitrogen and oxygen atoms in total. The van der Waals surface area contributed by atoms with E-state index in [1.165, 1.54) is 29.7 Å². The molecule has 2 unspecified atom stereocenters. The van der Waals surface area contributed by atoms with Gasteiger partial charge < -0.3 is 14.4 Å². The first-order valence-corrected chi connectivity index (χ1v) is 13.0. The van der Waals surface area contributed by atoms with Gasteiger partial charge in [-0.15, -0.1) is 0 Å². The number of hydrogen-bond acceptors (Lipinski definition) is 5. The first-order valence-electron chi connectivity index (χ1n) is 13.0. The Bertz CT molecular complexity index is 874. The van der Waals surface area contributed by atoms with E-state index in [0.29, 0.717) is 36.3 Å². The Balaban J connectivity index is 1.35. The van der Waals surface area contributed by atoms with Crippen LogP contribution < -0.4 is 0 Å². The zero-order valence-electron chi connectivity index (χ0n) is 20.9. The second kappa shape index (κ2) is 9.27. The molecule has 0 N–H and O–H groups in total. The van der Waals surface area contributed by atoms with Crippen LogP contribution in [0.4, 0.5) is 0 Å². The molecule has 5 atom stereocenters. The van der Waals surface area contributed by atoms with Gasteiger partial charge in [-0.05, 0) is 75.3 Å². The van der Waals surface area contributed by atoms with E-state index in [9.17, 15) is 4.79 Å². The molecule has 1 amide bonds. The molecule has 0 aromatic carbocycles. The van der Waals surface area contributed by atoms with Gasteiger partial charge in [0.25, 0.3) is 0 Å². The zero-order valence-corrected chi connectivity index (χ0v) is 20.9. The maximum absolute atomic E-state index is 14.3. The molecule has 33 heavy (non-hydrogen) atoms. The summed E-state index contributed by atoms with van der Waals surface area (Å²) in [4.78, 5) is 23.6. The van der Waals surface area contributed by atoms with Crippen molar-refractivity contribution in [2.45, 2.75) is 71.6 Å². The first-order chi connectivity index (χ1) is 15.9. The average Bonchev–Trinajstić information content (AvgIpc) is 3.33. The summed E-state index contributed by atoms with van der Waals surface area (Å²) in [5.74, 6) is 2.03. The summed E-state index contributed by atoms with van der Waals surface area (Å²) in [5.41, 5.74) is 3.36. The van der Waals surface area contributed by atoms with Crippen LogP contribution in [-0.2, 0) is 27.2 Å². The van der Waals surface area contributed by atoms with E-state index in [-0.39, 0.29) is 11.5 Å². The van der Waals surface area contributed by atoms with Crippen molar-refractivity contribution in [2.24, 2.45) is 23.2 Å². The Labute approximate surface area is 199 Å². The number of hydrogen-bond donors (Lipinski definition) is 0. The topological polar surface area (TPSA) is 54.9 Å². The van der Waals surface area contributed by atoms with Crippen LogP contribution in [0.15, 0.2) is 12.3 Å². The van der Waals surface area contributed by atoms with E-state index >= 15 is 0 Å². The van der Waals surface area contributed by atoms with Crippen LogP contribution in [0.2, 0.25) is 0 Å². The van der Waals surface area contributed by atoms with Gasteiger partial charge >= 0.3 is 0 Å². The van der Waals surface area contributed by atoms with Crippen LogP contribution in [0.25, 0.3) is 0 Å². The fraction of sp³-hybridized carbons (Fsp3) is 0.778. The van der Waals surface area contributed by atoms with Gasteiger partial charge in [0, 0.05) is 64.2 Å². The molecule has 4 aliphatic rings. The van der Waals surface area contributed by atoms with Gasteiger partial charge in [0.2, 0.25) is 5.91 Å². The van der Waals surface area contributed by atoms with Crippen LogP contribution in [-0.4, -0.2) is 72.8 Å². The van der Waals surface area contributed by atoms with Crippen LogP contribution in [0.3, 0.4) is 0 Å². The van der Waals surface area contributed by atoms with Crippen LogP contribution >= 0.6 is 0 Å². The highest BCUT2D eigenvalue weighted by Gasteiger charge is 2.59. The Hall–Kier alpha value is -1.50.